The van der Waals surface area contributed by atoms with Gasteiger partial charge in [-0.3, -0.25) is 10.7 Å². The van der Waals surface area contributed by atoms with Crippen molar-refractivity contribution in [2.24, 2.45) is 0 Å². The lowest BCUT2D eigenvalue weighted by molar-refractivity contribution is -0.118. The van der Waals surface area contributed by atoms with Crippen LogP contribution in [-0.2, 0) is 9.47 Å². The van der Waals surface area contributed by atoms with Crippen molar-refractivity contribution in [1.29, 1.82) is 0 Å². The Balaban J connectivity index is 1.89. The molecule has 0 bridgehead atoms. The zero-order chi connectivity index (χ0) is 21.3. The molecule has 0 amide bonds. The number of ether oxygens (including phenoxy) is 2. The van der Waals surface area contributed by atoms with Gasteiger partial charge in [0.05, 0.1) is 17.6 Å². The molecule has 30 heavy (non-hydrogen) atoms. The van der Waals surface area contributed by atoms with Crippen molar-refractivity contribution in [1.82, 2.24) is 14.5 Å². The van der Waals surface area contributed by atoms with E-state index in [0.717, 1.165) is 5.56 Å². The lowest BCUT2D eigenvalue weighted by atomic mass is 9.96. The van der Waals surface area contributed by atoms with Gasteiger partial charge in [-0.2, -0.15) is 0 Å². The summed E-state index contributed by atoms with van der Waals surface area (Å²) in [6, 6.07) is 9.47. The Morgan fingerprint density at radius 2 is 2.03 bits per heavy atom. The van der Waals surface area contributed by atoms with Gasteiger partial charge in [0.1, 0.15) is 29.8 Å². The molecule has 3 aromatic rings. The third-order valence-electron chi connectivity index (χ3n) is 5.44. The van der Waals surface area contributed by atoms with Crippen LogP contribution >= 0.6 is 0 Å². The van der Waals surface area contributed by atoms with Crippen molar-refractivity contribution in [3.63, 3.8) is 0 Å². The lowest BCUT2D eigenvalue weighted by Crippen LogP contribution is -2.46. The number of aromatic nitrogens is 3. The molecule has 2 unspecified atom stereocenters. The number of anilines is 1. The molecule has 4 atom stereocenters. The Morgan fingerprint density at radius 1 is 1.27 bits per heavy atom. The predicted molar refractivity (Wildman–Crippen MR) is 108 cm³/mol. The molecule has 4 rings (SSSR count). The van der Waals surface area contributed by atoms with Crippen LogP contribution in [0.5, 0.6) is 0 Å². The van der Waals surface area contributed by atoms with E-state index in [4.69, 9.17) is 9.47 Å². The van der Waals surface area contributed by atoms with Crippen LogP contribution in [0.4, 0.5) is 5.82 Å². The summed E-state index contributed by atoms with van der Waals surface area (Å²) in [5.41, 5.74) is 2.73. The molecular weight excluding hydrogens is 388 g/mol. The van der Waals surface area contributed by atoms with Crippen LogP contribution in [0.1, 0.15) is 24.3 Å². The van der Waals surface area contributed by atoms with Crippen molar-refractivity contribution in [2.75, 3.05) is 19.2 Å². The highest BCUT2D eigenvalue weighted by atomic mass is 16.6. The molecule has 156 valence electrons. The summed E-state index contributed by atoms with van der Waals surface area (Å²) in [4.78, 5) is 8.41. The van der Waals surface area contributed by atoms with Crippen LogP contribution in [-0.4, -0.2) is 61.5 Å². The quantitative estimate of drug-likeness (QED) is 0.375. The average molecular weight is 410 g/mol. The van der Waals surface area contributed by atoms with E-state index in [1.165, 1.54) is 13.4 Å². The Kier molecular flexibility index (Phi) is 5.42. The van der Waals surface area contributed by atoms with Gasteiger partial charge in [-0.15, -0.1) is 0 Å². The number of aliphatic hydroxyl groups excluding tert-OH is 2. The molecule has 0 radical (unpaired) electrons. The minimum atomic E-state index is -1.15. The number of nitrogens with one attached hydrogen (secondary N) is 1. The molecule has 1 aliphatic heterocycles. The Morgan fingerprint density at radius 3 is 2.70 bits per heavy atom. The molecule has 0 spiro atoms. The first-order valence-corrected chi connectivity index (χ1v) is 9.35. The maximum atomic E-state index is 10.6. The van der Waals surface area contributed by atoms with Gasteiger partial charge in [0.15, 0.2) is 12.0 Å². The number of hydrogen-bond donors (Lipinski definition) is 4. The van der Waals surface area contributed by atoms with Crippen LogP contribution < -0.4 is 5.48 Å². The number of hydrogen-bond acceptors (Lipinski definition) is 8. The van der Waals surface area contributed by atoms with E-state index in [2.05, 4.69) is 27.3 Å². The summed E-state index contributed by atoms with van der Waals surface area (Å²) in [6.07, 6.45) is 0.320. The Bertz CT molecular complexity index is 1110. The Labute approximate surface area is 172 Å². The summed E-state index contributed by atoms with van der Waals surface area (Å²) in [6.45, 7) is 1.33. The van der Waals surface area contributed by atoms with Gasteiger partial charge < -0.3 is 24.3 Å². The van der Waals surface area contributed by atoms with Gasteiger partial charge >= 0.3 is 0 Å². The van der Waals surface area contributed by atoms with Crippen molar-refractivity contribution in [2.45, 2.75) is 31.0 Å². The lowest BCUT2D eigenvalue weighted by Gasteiger charge is -2.31. The van der Waals surface area contributed by atoms with E-state index >= 15 is 0 Å². The molecule has 9 nitrogen and oxygen atoms in total. The fourth-order valence-corrected chi connectivity index (χ4v) is 3.70. The second kappa shape index (κ2) is 8.02. The maximum absolute atomic E-state index is 10.6. The molecule has 2 aromatic heterocycles. The second-order valence-corrected chi connectivity index (χ2v) is 7.14. The largest absolute Gasteiger partial charge is 0.394 e. The number of rotatable bonds is 4. The smallest absolute Gasteiger partial charge is 0.167 e. The molecule has 1 fully saturated rings. The van der Waals surface area contributed by atoms with Crippen molar-refractivity contribution in [3.05, 3.63) is 54.0 Å². The van der Waals surface area contributed by atoms with Crippen molar-refractivity contribution >= 4 is 16.9 Å². The Hall–Kier alpha value is -3.00. The van der Waals surface area contributed by atoms with Crippen molar-refractivity contribution < 1.29 is 24.9 Å². The summed E-state index contributed by atoms with van der Waals surface area (Å²) >= 11 is 0. The predicted octanol–water partition coefficient (Wildman–Crippen LogP) is 1.29. The van der Waals surface area contributed by atoms with Crippen LogP contribution in [0, 0.1) is 11.8 Å². The van der Waals surface area contributed by atoms with E-state index in [-0.39, 0.29) is 12.4 Å². The maximum Gasteiger partial charge on any atom is 0.167 e. The summed E-state index contributed by atoms with van der Waals surface area (Å²) in [5.74, 6) is 6.36. The molecule has 3 heterocycles. The third kappa shape index (κ3) is 3.21. The molecule has 1 aliphatic rings. The summed E-state index contributed by atoms with van der Waals surface area (Å²) < 4.78 is 13.2. The van der Waals surface area contributed by atoms with Crippen LogP contribution in [0.3, 0.4) is 0 Å². The van der Waals surface area contributed by atoms with Gasteiger partial charge in [0.2, 0.25) is 0 Å². The van der Waals surface area contributed by atoms with E-state index in [1.807, 2.05) is 30.3 Å². The molecule has 0 aliphatic carbocycles. The zero-order valence-corrected chi connectivity index (χ0v) is 16.5. The SMILES string of the molecule is CO[C@]1(C)C(O)C(CO)O[C@H]1n1cc(C#Cc2ccccc2)c2c(NO)ncnc21. The number of fused-ring (bicyclic) bond motifs is 1. The highest BCUT2D eigenvalue weighted by molar-refractivity contribution is 5.93. The zero-order valence-electron chi connectivity index (χ0n) is 16.5. The van der Waals surface area contributed by atoms with Crippen LogP contribution in [0.25, 0.3) is 11.0 Å². The van der Waals surface area contributed by atoms with Gasteiger partial charge in [-0.1, -0.05) is 30.0 Å². The molecule has 1 aromatic carbocycles. The molecule has 4 N–H and O–H groups in total. The summed E-state index contributed by atoms with van der Waals surface area (Å²) in [5, 5.41) is 30.3. The van der Waals surface area contributed by atoms with Gasteiger partial charge in [0.25, 0.3) is 0 Å². The minimum absolute atomic E-state index is 0.187. The van der Waals surface area contributed by atoms with Gasteiger partial charge in [-0.05, 0) is 19.1 Å². The molecular formula is C21H22N4O5. The van der Waals surface area contributed by atoms with Crippen LogP contribution in [0.15, 0.2) is 42.9 Å². The fraction of sp³-hybridized carbons (Fsp3) is 0.333. The minimum Gasteiger partial charge on any atom is -0.394 e. The first kappa shape index (κ1) is 20.3. The first-order valence-electron chi connectivity index (χ1n) is 9.35. The van der Waals surface area contributed by atoms with Crippen molar-refractivity contribution in [3.8, 4) is 11.8 Å². The second-order valence-electron chi connectivity index (χ2n) is 7.14. The van der Waals surface area contributed by atoms with E-state index < -0.39 is 24.0 Å². The summed E-state index contributed by atoms with van der Waals surface area (Å²) in [7, 11) is 1.47. The molecule has 1 saturated heterocycles. The van der Waals surface area contributed by atoms with Crippen LogP contribution in [0.2, 0.25) is 0 Å². The number of aliphatic hydroxyl groups is 2. The average Bonchev–Trinajstić information content (AvgIpc) is 3.28. The third-order valence-corrected chi connectivity index (χ3v) is 5.44. The topological polar surface area (TPSA) is 122 Å². The number of nitrogens with zero attached hydrogens (tertiary/aromatic N) is 3. The van der Waals surface area contributed by atoms with Gasteiger partial charge in [-0.25, -0.2) is 9.97 Å². The van der Waals surface area contributed by atoms with E-state index in [1.54, 1.807) is 17.7 Å². The standard InChI is InChI=1S/C21H22N4O5/c1-21(29-2)17(27)15(11-26)30-20(21)25-10-14(9-8-13-6-4-3-5-7-13)16-18(24-28)22-12-23-19(16)25/h3-7,10,12,15,17,20,26-28H,11H2,1-2H3,(H,22,23,24)/t15?,17?,20-,21-/m1/s1. The normalized spacial score (nSPS) is 25.8. The molecule has 0 saturated carbocycles. The van der Waals surface area contributed by atoms with E-state index in [9.17, 15) is 15.4 Å². The first-order chi connectivity index (χ1) is 14.5. The highest BCUT2D eigenvalue weighted by Crippen LogP contribution is 2.43. The highest BCUT2D eigenvalue weighted by Gasteiger charge is 2.54. The monoisotopic (exact) mass is 410 g/mol. The van der Waals surface area contributed by atoms with Gasteiger partial charge in [0, 0.05) is 18.9 Å². The number of methoxy groups -OCH3 is 1. The fourth-order valence-electron chi connectivity index (χ4n) is 3.70. The van der Waals surface area contributed by atoms with E-state index in [0.29, 0.717) is 16.6 Å². The number of benzene rings is 1. The molecule has 9 heteroatoms.